The third kappa shape index (κ3) is 3.21. The number of rotatable bonds is 5. The van der Waals surface area contributed by atoms with Crippen LogP contribution in [-0.2, 0) is 19.1 Å². The number of carbonyl (C=O) groups is 3. The topological polar surface area (TPSA) is 120 Å². The first-order valence-corrected chi connectivity index (χ1v) is 8.96. The number of piperidine rings is 1. The lowest BCUT2D eigenvalue weighted by molar-refractivity contribution is -0.153. The van der Waals surface area contributed by atoms with Gasteiger partial charge in [-0.1, -0.05) is 0 Å². The van der Waals surface area contributed by atoms with E-state index in [0.29, 0.717) is 25.8 Å². The Kier molecular flexibility index (Phi) is 5.32. The maximum absolute atomic E-state index is 12.9. The normalized spacial score (nSPS) is 32.5. The summed E-state index contributed by atoms with van der Waals surface area (Å²) in [7, 11) is 0. The zero-order chi connectivity index (χ0) is 18.8. The number of nitriles is 1. The number of likely N-dealkylation sites (tertiary alicyclic amines) is 2. The van der Waals surface area contributed by atoms with Gasteiger partial charge in [-0.2, -0.15) is 5.26 Å². The summed E-state index contributed by atoms with van der Waals surface area (Å²) >= 11 is 0. The third-order valence-electron chi connectivity index (χ3n) is 5.49. The summed E-state index contributed by atoms with van der Waals surface area (Å²) < 4.78 is 10.4. The molecule has 9 heteroatoms. The molecule has 0 aromatic rings. The lowest BCUT2D eigenvalue weighted by atomic mass is 9.96. The predicted molar refractivity (Wildman–Crippen MR) is 86.9 cm³/mol. The fourth-order valence-electron chi connectivity index (χ4n) is 4.47. The van der Waals surface area contributed by atoms with Crippen molar-refractivity contribution in [1.82, 2.24) is 9.80 Å². The molecule has 3 rings (SSSR count). The molecule has 9 nitrogen and oxygen atoms in total. The van der Waals surface area contributed by atoms with Gasteiger partial charge in [0.05, 0.1) is 24.8 Å². The van der Waals surface area contributed by atoms with Crippen LogP contribution in [0.25, 0.3) is 0 Å². The van der Waals surface area contributed by atoms with E-state index >= 15 is 0 Å². The number of carboxylic acid groups (broad SMARTS) is 1. The SMILES string of the molecule is CCOC(=O)CO[C@@H]1C[C@@H]2C[C@H]1N(C(=O)O)[C@@H]2C(=O)N1CCC[C@H]1C#N. The molecule has 0 aromatic heterocycles. The molecule has 0 aromatic carbocycles. The second-order valence-electron chi connectivity index (χ2n) is 6.91. The molecule has 2 amide bonds. The Balaban J connectivity index is 1.69. The zero-order valence-corrected chi connectivity index (χ0v) is 14.7. The maximum atomic E-state index is 12.9. The van der Waals surface area contributed by atoms with Gasteiger partial charge in [0, 0.05) is 6.54 Å². The molecule has 2 bridgehead atoms. The number of fused-ring (bicyclic) bond motifs is 2. The number of ether oxygens (including phenoxy) is 2. The van der Waals surface area contributed by atoms with Gasteiger partial charge in [0.25, 0.3) is 0 Å². The largest absolute Gasteiger partial charge is 0.465 e. The Labute approximate surface area is 151 Å². The molecular weight excluding hydrogens is 342 g/mol. The molecule has 0 unspecified atom stereocenters. The summed E-state index contributed by atoms with van der Waals surface area (Å²) in [5, 5.41) is 18.8. The van der Waals surface area contributed by atoms with Gasteiger partial charge in [-0.25, -0.2) is 9.59 Å². The van der Waals surface area contributed by atoms with Gasteiger partial charge in [-0.05, 0) is 38.5 Å². The number of esters is 1. The highest BCUT2D eigenvalue weighted by atomic mass is 16.6. The molecule has 2 aliphatic heterocycles. The summed E-state index contributed by atoms with van der Waals surface area (Å²) in [6, 6.07) is 0.420. The number of amides is 2. The first-order chi connectivity index (χ1) is 12.5. The minimum atomic E-state index is -1.17. The summed E-state index contributed by atoms with van der Waals surface area (Å²) in [6.45, 7) is 2.22. The molecule has 2 saturated heterocycles. The van der Waals surface area contributed by atoms with Gasteiger partial charge >= 0.3 is 12.1 Å². The van der Waals surface area contributed by atoms with Crippen LogP contribution < -0.4 is 0 Å². The van der Waals surface area contributed by atoms with Crippen molar-refractivity contribution in [3.63, 3.8) is 0 Å². The monoisotopic (exact) mass is 365 g/mol. The van der Waals surface area contributed by atoms with Crippen LogP contribution >= 0.6 is 0 Å². The van der Waals surface area contributed by atoms with Crippen LogP contribution in [0.2, 0.25) is 0 Å². The average Bonchev–Trinajstić information content (AvgIpc) is 3.32. The maximum Gasteiger partial charge on any atom is 0.408 e. The highest BCUT2D eigenvalue weighted by Crippen LogP contribution is 2.45. The highest BCUT2D eigenvalue weighted by Gasteiger charge is 2.57. The van der Waals surface area contributed by atoms with E-state index in [0.717, 1.165) is 6.42 Å². The Morgan fingerprint density at radius 3 is 2.73 bits per heavy atom. The van der Waals surface area contributed by atoms with Crippen LogP contribution in [0.1, 0.15) is 32.6 Å². The van der Waals surface area contributed by atoms with Crippen LogP contribution in [0.4, 0.5) is 4.79 Å². The van der Waals surface area contributed by atoms with Crippen molar-refractivity contribution in [3.05, 3.63) is 0 Å². The molecule has 2 heterocycles. The molecule has 5 atom stereocenters. The molecule has 1 N–H and O–H groups in total. The first kappa shape index (κ1) is 18.5. The molecule has 3 fully saturated rings. The van der Waals surface area contributed by atoms with Crippen molar-refractivity contribution in [1.29, 1.82) is 5.26 Å². The van der Waals surface area contributed by atoms with Gasteiger partial charge in [-0.15, -0.1) is 0 Å². The molecule has 0 spiro atoms. The smallest absolute Gasteiger partial charge is 0.408 e. The van der Waals surface area contributed by atoms with Crippen molar-refractivity contribution in [2.45, 2.75) is 56.8 Å². The molecule has 26 heavy (non-hydrogen) atoms. The fourth-order valence-corrected chi connectivity index (χ4v) is 4.47. The minimum absolute atomic E-state index is 0.157. The minimum Gasteiger partial charge on any atom is -0.465 e. The van der Waals surface area contributed by atoms with Crippen LogP contribution in [-0.4, -0.2) is 76.9 Å². The quantitative estimate of drug-likeness (QED) is 0.708. The van der Waals surface area contributed by atoms with Crippen LogP contribution in [0, 0.1) is 17.2 Å². The summed E-state index contributed by atoms with van der Waals surface area (Å²) in [5.41, 5.74) is 0. The van der Waals surface area contributed by atoms with Crippen LogP contribution in [0.15, 0.2) is 0 Å². The van der Waals surface area contributed by atoms with Gasteiger partial charge in [0.15, 0.2) is 0 Å². The molecule has 1 aliphatic carbocycles. The number of nitrogens with zero attached hydrogens (tertiary/aromatic N) is 3. The Morgan fingerprint density at radius 2 is 2.08 bits per heavy atom. The Bertz CT molecular complexity index is 632. The Morgan fingerprint density at radius 1 is 1.31 bits per heavy atom. The van der Waals surface area contributed by atoms with E-state index in [9.17, 15) is 24.8 Å². The van der Waals surface area contributed by atoms with Crippen molar-refractivity contribution < 1.29 is 29.0 Å². The van der Waals surface area contributed by atoms with Crippen LogP contribution in [0.3, 0.4) is 0 Å². The number of carbonyl (C=O) groups excluding carboxylic acids is 2. The number of hydrogen-bond donors (Lipinski definition) is 1. The van der Waals surface area contributed by atoms with Gasteiger partial charge in [0.1, 0.15) is 18.7 Å². The van der Waals surface area contributed by atoms with Crippen molar-refractivity contribution in [3.8, 4) is 6.07 Å². The van der Waals surface area contributed by atoms with E-state index in [1.54, 1.807) is 6.92 Å². The fraction of sp³-hybridized carbons (Fsp3) is 0.765. The van der Waals surface area contributed by atoms with E-state index in [2.05, 4.69) is 6.07 Å². The molecule has 3 aliphatic rings. The predicted octanol–water partition coefficient (Wildman–Crippen LogP) is 0.590. The van der Waals surface area contributed by atoms with E-state index in [1.807, 2.05) is 0 Å². The van der Waals surface area contributed by atoms with E-state index < -0.39 is 36.3 Å². The standard InChI is InChI=1S/C17H23N3O6/c1-2-25-14(21)9-26-13-7-10-6-12(13)20(17(23)24)15(10)16(22)19-5-3-4-11(19)8-18/h10-13,15H,2-7,9H2,1H3,(H,23,24)/t10-,11-,12+,13+,15-/m0/s1. The summed E-state index contributed by atoms with van der Waals surface area (Å²) in [5.74, 6) is -0.928. The Hall–Kier alpha value is -2.34. The van der Waals surface area contributed by atoms with Crippen molar-refractivity contribution in [2.24, 2.45) is 5.92 Å². The van der Waals surface area contributed by atoms with Crippen molar-refractivity contribution >= 4 is 18.0 Å². The molecular formula is C17H23N3O6. The lowest BCUT2D eigenvalue weighted by Crippen LogP contribution is -2.57. The highest BCUT2D eigenvalue weighted by molar-refractivity contribution is 5.87. The average molecular weight is 365 g/mol. The summed E-state index contributed by atoms with van der Waals surface area (Å²) in [6.07, 6.45) is 0.837. The zero-order valence-electron chi connectivity index (χ0n) is 14.7. The first-order valence-electron chi connectivity index (χ1n) is 8.96. The lowest BCUT2D eigenvalue weighted by Gasteiger charge is -2.38. The second-order valence-corrected chi connectivity index (χ2v) is 6.91. The van der Waals surface area contributed by atoms with Crippen molar-refractivity contribution in [2.75, 3.05) is 19.8 Å². The third-order valence-corrected chi connectivity index (χ3v) is 5.49. The van der Waals surface area contributed by atoms with E-state index in [1.165, 1.54) is 9.80 Å². The van der Waals surface area contributed by atoms with E-state index in [4.69, 9.17) is 9.47 Å². The molecule has 0 radical (unpaired) electrons. The van der Waals surface area contributed by atoms with E-state index in [-0.39, 0.29) is 25.0 Å². The van der Waals surface area contributed by atoms with Crippen LogP contribution in [0.5, 0.6) is 0 Å². The second kappa shape index (κ2) is 7.50. The summed E-state index contributed by atoms with van der Waals surface area (Å²) in [4.78, 5) is 38.9. The van der Waals surface area contributed by atoms with Gasteiger partial charge in [0.2, 0.25) is 5.91 Å². The van der Waals surface area contributed by atoms with Gasteiger partial charge < -0.3 is 19.5 Å². The molecule has 1 saturated carbocycles. The number of hydrogen-bond acceptors (Lipinski definition) is 6. The van der Waals surface area contributed by atoms with Gasteiger partial charge in [-0.3, -0.25) is 9.69 Å². The molecule has 142 valence electrons.